The smallest absolute Gasteiger partial charge is 0.351 e. The van der Waals surface area contributed by atoms with Crippen molar-refractivity contribution in [1.82, 2.24) is 9.88 Å². The van der Waals surface area contributed by atoms with Crippen molar-refractivity contribution < 1.29 is 57.8 Å². The van der Waals surface area contributed by atoms with E-state index in [4.69, 9.17) is 34.3 Å². The van der Waals surface area contributed by atoms with Crippen LogP contribution in [0.1, 0.15) is 79.7 Å². The lowest BCUT2D eigenvalue weighted by molar-refractivity contribution is -0.297. The molecular formula is C36H59FN4O11S. The normalized spacial score (nSPS) is 43.2. The number of alkyl halides is 1. The summed E-state index contributed by atoms with van der Waals surface area (Å²) in [6, 6.07) is -0.380. The van der Waals surface area contributed by atoms with Crippen LogP contribution in [-0.2, 0) is 44.7 Å². The number of nitrogen functional groups attached to an aromatic ring is 1. The molecule has 3 saturated heterocycles. The molecule has 3 fully saturated rings. The van der Waals surface area contributed by atoms with E-state index in [0.29, 0.717) is 17.2 Å². The van der Waals surface area contributed by atoms with Crippen molar-refractivity contribution in [2.75, 3.05) is 33.0 Å². The van der Waals surface area contributed by atoms with Gasteiger partial charge in [-0.2, -0.15) is 0 Å². The molecule has 1 unspecified atom stereocenters. The molecule has 0 aliphatic carbocycles. The van der Waals surface area contributed by atoms with Gasteiger partial charge in [-0.15, -0.1) is 11.3 Å². The van der Waals surface area contributed by atoms with Crippen molar-refractivity contribution in [3.8, 4) is 0 Å². The van der Waals surface area contributed by atoms with Crippen molar-refractivity contribution in [2.24, 2.45) is 22.9 Å². The Morgan fingerprint density at radius 2 is 1.81 bits per heavy atom. The molecule has 2 bridgehead atoms. The van der Waals surface area contributed by atoms with Crippen molar-refractivity contribution in [3.63, 3.8) is 0 Å². The molecule has 302 valence electrons. The number of rotatable bonds is 7. The summed E-state index contributed by atoms with van der Waals surface area (Å²) in [4.78, 5) is 39.5. The second-order valence-electron chi connectivity index (χ2n) is 15.8. The number of anilines is 1. The lowest BCUT2D eigenvalue weighted by atomic mass is 9.73. The van der Waals surface area contributed by atoms with Crippen LogP contribution in [0.2, 0.25) is 0 Å². The molecule has 5 N–H and O–H groups in total. The van der Waals surface area contributed by atoms with Gasteiger partial charge in [-0.25, -0.2) is 14.2 Å². The molecule has 0 amide bonds. The number of esters is 1. The monoisotopic (exact) mass is 774 g/mol. The Kier molecular flexibility index (Phi) is 14.1. The third kappa shape index (κ3) is 9.55. The highest BCUT2D eigenvalue weighted by Crippen LogP contribution is 2.41. The summed E-state index contributed by atoms with van der Waals surface area (Å²) in [5, 5.41) is 42.0. The first kappa shape index (κ1) is 43.4. The zero-order valence-corrected chi connectivity index (χ0v) is 33.3. The number of carbonyl (C=O) groups is 2. The lowest BCUT2D eigenvalue weighted by Crippen LogP contribution is -2.62. The van der Waals surface area contributed by atoms with E-state index in [9.17, 15) is 24.9 Å². The molecular weight excluding hydrogens is 715 g/mol. The molecule has 3 aliphatic rings. The number of hydrogen-bond acceptors (Lipinski definition) is 16. The van der Waals surface area contributed by atoms with Gasteiger partial charge in [0.05, 0.1) is 43.2 Å². The zero-order chi connectivity index (χ0) is 39.6. The largest absolute Gasteiger partial charge is 0.457 e. The average Bonchev–Trinajstić information content (AvgIpc) is 3.50. The molecule has 4 heterocycles. The molecule has 0 saturated carbocycles. The van der Waals surface area contributed by atoms with Crippen LogP contribution in [0.5, 0.6) is 0 Å². The van der Waals surface area contributed by atoms with Crippen molar-refractivity contribution in [1.29, 1.82) is 0 Å². The number of aliphatic hydroxyl groups excluding tert-OH is 2. The molecule has 4 rings (SSSR count). The maximum absolute atomic E-state index is 16.7. The first-order chi connectivity index (χ1) is 24.6. The Bertz CT molecular complexity index is 1450. The number of carbonyl (C=O) groups excluding carboxylic acids is 2. The van der Waals surface area contributed by atoms with Crippen molar-refractivity contribution >= 4 is 34.6 Å². The van der Waals surface area contributed by atoms with Crippen LogP contribution in [0.3, 0.4) is 0 Å². The van der Waals surface area contributed by atoms with Gasteiger partial charge in [0.2, 0.25) is 0 Å². The molecule has 1 aromatic rings. The molecule has 1 aromatic heterocycles. The second kappa shape index (κ2) is 17.2. The first-order valence-electron chi connectivity index (χ1n) is 18.3. The number of hydrogen-bond donors (Lipinski definition) is 4. The summed E-state index contributed by atoms with van der Waals surface area (Å²) in [5.41, 5.74) is -0.718. The maximum atomic E-state index is 16.7. The highest BCUT2D eigenvalue weighted by molar-refractivity contribution is 7.09. The van der Waals surface area contributed by atoms with E-state index in [2.05, 4.69) is 10.1 Å². The highest BCUT2D eigenvalue weighted by Gasteiger charge is 2.57. The number of Topliss-reactive ketones (excluding diaryl/α,β-unsaturated/α-hetero) is 1. The minimum atomic E-state index is -3.19. The highest BCUT2D eigenvalue weighted by atomic mass is 32.1. The number of nitrogens with zero attached hydrogens (tertiary/aromatic N) is 3. The van der Waals surface area contributed by atoms with E-state index in [1.165, 1.54) is 25.2 Å². The van der Waals surface area contributed by atoms with Crippen molar-refractivity contribution in [2.45, 2.75) is 147 Å². The van der Waals surface area contributed by atoms with Gasteiger partial charge in [0, 0.05) is 23.3 Å². The van der Waals surface area contributed by atoms with Gasteiger partial charge in [-0.1, -0.05) is 32.9 Å². The Hall–Kier alpha value is -2.35. The van der Waals surface area contributed by atoms with Gasteiger partial charge in [-0.05, 0) is 67.0 Å². The van der Waals surface area contributed by atoms with E-state index in [1.807, 2.05) is 25.9 Å². The Balaban J connectivity index is 1.89. The molecule has 53 heavy (non-hydrogen) atoms. The van der Waals surface area contributed by atoms with E-state index in [1.54, 1.807) is 33.1 Å². The molecule has 14 atom stereocenters. The molecule has 0 spiro atoms. The number of ketones is 1. The third-order valence-electron chi connectivity index (χ3n) is 11.0. The number of cyclic esters (lactones) is 1. The summed E-state index contributed by atoms with van der Waals surface area (Å²) in [6.45, 7) is 11.7. The SMILES string of the molecule is CC[C@H]1OC(=O)[C@@](C)(F)C(=O)[C@H](C)[C@@H](O[C@H]2O[C@H](C)C[C@H](N(C)C)[C@H]2O)[C@@]2(C)C[C@@H](C)[C@H](O)[C@H](C)C(OC/C(=N\OCc3nc(N)cs3)CO2)[C@]1(C)O. The zero-order valence-electron chi connectivity index (χ0n) is 32.5. The van der Waals surface area contributed by atoms with Crippen LogP contribution in [0.4, 0.5) is 10.2 Å². The van der Waals surface area contributed by atoms with Crippen LogP contribution < -0.4 is 5.73 Å². The van der Waals surface area contributed by atoms with Gasteiger partial charge < -0.3 is 54.5 Å². The van der Waals surface area contributed by atoms with E-state index in [-0.39, 0.29) is 50.5 Å². The predicted molar refractivity (Wildman–Crippen MR) is 194 cm³/mol. The average molecular weight is 775 g/mol. The number of likely N-dealkylation sites (N-methyl/N-ethyl adjacent to an activating group) is 1. The number of aromatic nitrogens is 1. The number of fused-ring (bicyclic) bond motifs is 5. The van der Waals surface area contributed by atoms with Crippen LogP contribution in [0, 0.1) is 17.8 Å². The number of aliphatic hydroxyl groups is 3. The minimum absolute atomic E-state index is 0.0156. The Morgan fingerprint density at radius 3 is 2.42 bits per heavy atom. The fraction of sp³-hybridized carbons (Fsp3) is 0.833. The molecule has 17 heteroatoms. The van der Waals surface area contributed by atoms with Crippen LogP contribution in [0.25, 0.3) is 0 Å². The quantitative estimate of drug-likeness (QED) is 0.179. The van der Waals surface area contributed by atoms with Crippen LogP contribution in [0.15, 0.2) is 10.5 Å². The van der Waals surface area contributed by atoms with Gasteiger partial charge in [0.25, 0.3) is 5.67 Å². The maximum Gasteiger partial charge on any atom is 0.351 e. The van der Waals surface area contributed by atoms with E-state index < -0.39 is 83.2 Å². The first-order valence-corrected chi connectivity index (χ1v) is 19.1. The number of oxime groups is 1. The van der Waals surface area contributed by atoms with Gasteiger partial charge in [-0.3, -0.25) is 4.79 Å². The Labute approximate surface area is 315 Å². The molecule has 15 nitrogen and oxygen atoms in total. The summed E-state index contributed by atoms with van der Waals surface area (Å²) in [7, 11) is 3.64. The van der Waals surface area contributed by atoms with Crippen LogP contribution >= 0.6 is 11.3 Å². The number of thiazole rings is 1. The van der Waals surface area contributed by atoms with Crippen LogP contribution in [-0.4, -0.2) is 136 Å². The fourth-order valence-corrected chi connectivity index (χ4v) is 8.55. The topological polar surface area (TPSA) is 205 Å². The molecule has 0 radical (unpaired) electrons. The summed E-state index contributed by atoms with van der Waals surface area (Å²) in [5.74, 6) is -5.11. The van der Waals surface area contributed by atoms with Gasteiger partial charge in [0.1, 0.15) is 34.3 Å². The van der Waals surface area contributed by atoms with Gasteiger partial charge in [0.15, 0.2) is 18.7 Å². The van der Waals surface area contributed by atoms with Gasteiger partial charge >= 0.3 is 5.97 Å². The molecule has 3 aliphatic heterocycles. The summed E-state index contributed by atoms with van der Waals surface area (Å²) < 4.78 is 48.0. The number of ether oxygens (including phenoxy) is 5. The lowest BCUT2D eigenvalue weighted by Gasteiger charge is -2.48. The van der Waals surface area contributed by atoms with E-state index >= 15 is 4.39 Å². The molecule has 0 aromatic carbocycles. The number of halogens is 1. The minimum Gasteiger partial charge on any atom is -0.457 e. The third-order valence-corrected chi connectivity index (χ3v) is 11.8. The van der Waals surface area contributed by atoms with Crippen molar-refractivity contribution in [3.05, 3.63) is 10.4 Å². The summed E-state index contributed by atoms with van der Waals surface area (Å²) in [6.07, 6.45) is -7.33. The Morgan fingerprint density at radius 1 is 1.13 bits per heavy atom. The number of nitrogens with two attached hydrogens (primary N) is 1. The second-order valence-corrected chi connectivity index (χ2v) is 16.7. The standard InChI is InChI=1S/C36H59FN4O11S/c1-11-24-36(8,46)31-20(4)27(42)18(2)13-34(6,48-15-22(14-47-31)40-49-16-26-39-25(38)17-53-26)30(21(5)29(44)35(7,37)33(45)51-24)52-32-28(43)23(41(9)10)12-19(3)50-32/h17-21,23-24,27-28,30-32,42-43,46H,11-16,38H2,1-10H3/b40-22+/t18-,19-,20+,21+,23+,24-,27+,28-,30-,31?,32-,34-,35+,36-/m1/s1. The fourth-order valence-electron chi connectivity index (χ4n) is 7.96. The van der Waals surface area contributed by atoms with E-state index in [0.717, 1.165) is 6.92 Å². The summed E-state index contributed by atoms with van der Waals surface area (Å²) >= 11 is 1.29. The predicted octanol–water partition coefficient (Wildman–Crippen LogP) is 2.63.